The third-order valence-electron chi connectivity index (χ3n) is 4.44. The lowest BCUT2D eigenvalue weighted by Crippen LogP contribution is -2.38. The molecule has 1 aromatic rings. The van der Waals surface area contributed by atoms with Crippen LogP contribution in [0.2, 0.25) is 0 Å². The third-order valence-corrected chi connectivity index (χ3v) is 4.44. The normalized spacial score (nSPS) is 19.1. The summed E-state index contributed by atoms with van der Waals surface area (Å²) in [5.41, 5.74) is 4.01. The zero-order chi connectivity index (χ0) is 14.1. The minimum Gasteiger partial charge on any atom is -0.527 e. The lowest BCUT2D eigenvalue weighted by Gasteiger charge is -2.35. The van der Waals surface area contributed by atoms with Gasteiger partial charge in [0, 0.05) is 12.8 Å². The third kappa shape index (κ3) is 2.47. The van der Waals surface area contributed by atoms with Crippen molar-refractivity contribution >= 4 is 6.21 Å². The zero-order valence-corrected chi connectivity index (χ0v) is 12.8. The smallest absolute Gasteiger partial charge is 0.123 e. The highest BCUT2D eigenvalue weighted by Crippen LogP contribution is 2.22. The maximum atomic E-state index is 2.38. The number of benzene rings is 1. The van der Waals surface area contributed by atoms with E-state index in [1.54, 1.807) is 0 Å². The van der Waals surface area contributed by atoms with Gasteiger partial charge < -0.3 is 9.15 Å². The summed E-state index contributed by atoms with van der Waals surface area (Å²) in [7, 11) is 0. The van der Waals surface area contributed by atoms with Crippen molar-refractivity contribution in [1.29, 1.82) is 0 Å². The first-order chi connectivity index (χ1) is 9.65. The van der Waals surface area contributed by atoms with Crippen molar-refractivity contribution in [3.8, 4) is 0 Å². The van der Waals surface area contributed by atoms with E-state index in [0.717, 1.165) is 0 Å². The molecule has 0 radical (unpaired) electrons. The summed E-state index contributed by atoms with van der Waals surface area (Å²) in [6.45, 7) is 13.2. The molecular weight excluding hydrogens is 244 g/mol. The minimum atomic E-state index is 0.713. The van der Waals surface area contributed by atoms with Crippen molar-refractivity contribution in [2.45, 2.75) is 52.5 Å². The lowest BCUT2D eigenvalue weighted by molar-refractivity contribution is -0.521. The summed E-state index contributed by atoms with van der Waals surface area (Å²) in [6, 6.07) is 5.23. The highest BCUT2D eigenvalue weighted by Gasteiger charge is 2.20. The molecule has 1 saturated carbocycles. The van der Waals surface area contributed by atoms with Gasteiger partial charge in [-0.2, -0.15) is 17.7 Å². The maximum Gasteiger partial charge on any atom is 0.123 e. The number of nitrogens with zero attached hydrogens (tertiary/aromatic N) is 2. The molecule has 0 unspecified atom stereocenters. The first-order valence-electron chi connectivity index (χ1n) is 7.65. The van der Waals surface area contributed by atoms with Gasteiger partial charge in [-0.25, -0.2) is 11.1 Å². The number of hydrogen-bond donors (Lipinski definition) is 0. The Kier molecular flexibility index (Phi) is 3.56. The monoisotopic (exact) mass is 268 g/mol. The fourth-order valence-corrected chi connectivity index (χ4v) is 3.57. The SMILES string of the molecule is Cc1c[c-](C)cc(C)c1=[N+]1[CH-]C=[N+](C2CCCC2)[CH-][CH-]1. The van der Waals surface area contributed by atoms with E-state index < -0.39 is 0 Å². The molecule has 2 aliphatic rings. The Bertz CT molecular complexity index is 572. The van der Waals surface area contributed by atoms with Crippen molar-refractivity contribution < 1.29 is 4.58 Å². The molecule has 1 aliphatic heterocycles. The molecule has 0 saturated heterocycles. The molecule has 1 heterocycles. The van der Waals surface area contributed by atoms with Crippen molar-refractivity contribution in [3.63, 3.8) is 0 Å². The average molecular weight is 268 g/mol. The Hall–Kier alpha value is -1.70. The first kappa shape index (κ1) is 13.3. The molecule has 0 aromatic heterocycles. The molecule has 1 aromatic carbocycles. The Labute approximate surface area is 122 Å². The van der Waals surface area contributed by atoms with E-state index in [1.165, 1.54) is 47.7 Å². The van der Waals surface area contributed by atoms with Crippen LogP contribution in [-0.4, -0.2) is 16.8 Å². The highest BCUT2D eigenvalue weighted by molar-refractivity contribution is 5.63. The summed E-state index contributed by atoms with van der Waals surface area (Å²) in [5.74, 6) is 0. The topological polar surface area (TPSA) is 6.02 Å². The number of hydrogen-bond acceptors (Lipinski definition) is 0. The molecule has 2 nitrogen and oxygen atoms in total. The van der Waals surface area contributed by atoms with Gasteiger partial charge in [-0.1, -0.05) is 20.0 Å². The van der Waals surface area contributed by atoms with Crippen LogP contribution in [0.4, 0.5) is 0 Å². The van der Waals surface area contributed by atoms with E-state index in [-0.39, 0.29) is 0 Å². The summed E-state index contributed by atoms with van der Waals surface area (Å²) in [4.78, 5) is 0. The van der Waals surface area contributed by atoms with Gasteiger partial charge in [0.05, 0.1) is 0 Å². The Balaban J connectivity index is 1.92. The van der Waals surface area contributed by atoms with Gasteiger partial charge in [-0.15, -0.1) is 19.2 Å². The molecule has 1 fully saturated rings. The van der Waals surface area contributed by atoms with Gasteiger partial charge in [-0.05, 0) is 25.6 Å². The van der Waals surface area contributed by atoms with E-state index in [1.807, 2.05) is 0 Å². The quantitative estimate of drug-likeness (QED) is 0.545. The second-order valence-electron chi connectivity index (χ2n) is 6.14. The van der Waals surface area contributed by atoms with E-state index >= 15 is 0 Å². The van der Waals surface area contributed by atoms with Gasteiger partial charge in [0.15, 0.2) is 0 Å². The van der Waals surface area contributed by atoms with Gasteiger partial charge >= 0.3 is 0 Å². The lowest BCUT2D eigenvalue weighted by atomic mass is 10.1. The molecular formula is C18H24N2-2. The molecule has 0 amide bonds. The molecule has 0 bridgehead atoms. The van der Waals surface area contributed by atoms with Gasteiger partial charge in [0.2, 0.25) is 0 Å². The summed E-state index contributed by atoms with van der Waals surface area (Å²) >= 11 is 0. The maximum absolute atomic E-state index is 2.38. The van der Waals surface area contributed by atoms with Crippen molar-refractivity contribution in [3.05, 3.63) is 53.8 Å². The minimum absolute atomic E-state index is 0.713. The van der Waals surface area contributed by atoms with Crippen LogP contribution in [0.15, 0.2) is 12.1 Å². The molecule has 20 heavy (non-hydrogen) atoms. The molecule has 2 heteroatoms. The van der Waals surface area contributed by atoms with E-state index in [9.17, 15) is 0 Å². The van der Waals surface area contributed by atoms with Crippen LogP contribution in [0, 0.1) is 40.4 Å². The fraction of sp³-hybridized carbons (Fsp3) is 0.444. The van der Waals surface area contributed by atoms with E-state index in [4.69, 9.17) is 0 Å². The van der Waals surface area contributed by atoms with Gasteiger partial charge in [0.1, 0.15) is 6.04 Å². The molecule has 0 atom stereocenters. The van der Waals surface area contributed by atoms with Gasteiger partial charge in [-0.3, -0.25) is 0 Å². The van der Waals surface area contributed by atoms with Crippen LogP contribution in [0.3, 0.4) is 0 Å². The van der Waals surface area contributed by atoms with Crippen molar-refractivity contribution in [1.82, 2.24) is 4.58 Å². The molecule has 3 rings (SSSR count). The second kappa shape index (κ2) is 5.35. The average Bonchev–Trinajstić information content (AvgIpc) is 2.92. The molecule has 0 spiro atoms. The summed E-state index contributed by atoms with van der Waals surface area (Å²) in [6.07, 6.45) is 7.65. The molecule has 0 N–H and O–H groups in total. The highest BCUT2D eigenvalue weighted by atomic mass is 15.1. The molecule has 1 aliphatic carbocycles. The predicted molar refractivity (Wildman–Crippen MR) is 83.0 cm³/mol. The summed E-state index contributed by atoms with van der Waals surface area (Å²) < 4.78 is 4.62. The van der Waals surface area contributed by atoms with Crippen LogP contribution in [0.5, 0.6) is 0 Å². The zero-order valence-electron chi connectivity index (χ0n) is 12.8. The molecule has 108 valence electrons. The standard InChI is InChI=1S/C18H24N2/c1-14-12-15(2)18(16(3)13-14)20-10-8-19(9-11-20)17-6-4-5-7-17/h8-13,17H,4-7H2,1-3H3/q-2. The van der Waals surface area contributed by atoms with Crippen LogP contribution < -0.4 is 9.93 Å². The van der Waals surface area contributed by atoms with Crippen molar-refractivity contribution in [2.24, 2.45) is 0 Å². The van der Waals surface area contributed by atoms with Crippen LogP contribution in [0.1, 0.15) is 42.4 Å². The van der Waals surface area contributed by atoms with E-state index in [0.29, 0.717) is 6.04 Å². The number of aryl methyl sites for hydroxylation is 3. The largest absolute Gasteiger partial charge is 0.527 e. The Morgan fingerprint density at radius 2 is 1.75 bits per heavy atom. The fourth-order valence-electron chi connectivity index (χ4n) is 3.57. The Morgan fingerprint density at radius 3 is 2.30 bits per heavy atom. The van der Waals surface area contributed by atoms with Crippen LogP contribution >= 0.6 is 0 Å². The van der Waals surface area contributed by atoms with E-state index in [2.05, 4.69) is 67.9 Å². The van der Waals surface area contributed by atoms with Crippen LogP contribution in [-0.2, 0) is 0 Å². The number of rotatable bonds is 1. The van der Waals surface area contributed by atoms with Crippen LogP contribution in [0.25, 0.3) is 0 Å². The Morgan fingerprint density at radius 1 is 1.10 bits per heavy atom. The van der Waals surface area contributed by atoms with Crippen molar-refractivity contribution in [2.75, 3.05) is 0 Å². The predicted octanol–water partition coefficient (Wildman–Crippen LogP) is 2.63. The first-order valence-corrected chi connectivity index (χ1v) is 7.65. The second-order valence-corrected chi connectivity index (χ2v) is 6.14. The van der Waals surface area contributed by atoms with Gasteiger partial charge in [0.25, 0.3) is 0 Å². The summed E-state index contributed by atoms with van der Waals surface area (Å²) in [5, 5.41) is 1.31.